The Kier molecular flexibility index (Phi) is 9.11. The number of benzene rings is 1. The number of carbonyl (C=O) groups is 1. The van der Waals surface area contributed by atoms with E-state index in [4.69, 9.17) is 16.1 Å². The number of amides is 1. The van der Waals surface area contributed by atoms with Gasteiger partial charge in [0.1, 0.15) is 0 Å². The molecule has 4 rings (SSSR count). The molecule has 2 saturated heterocycles. The van der Waals surface area contributed by atoms with Crippen molar-refractivity contribution >= 4 is 39.9 Å². The van der Waals surface area contributed by atoms with Gasteiger partial charge in [-0.25, -0.2) is 8.42 Å². The third-order valence-electron chi connectivity index (χ3n) is 5.92. The van der Waals surface area contributed by atoms with Crippen LogP contribution in [0.15, 0.2) is 33.7 Å². The van der Waals surface area contributed by atoms with Gasteiger partial charge >= 0.3 is 0 Å². The number of nitrogens with zero attached hydrogens (tertiary/aromatic N) is 5. The van der Waals surface area contributed by atoms with Gasteiger partial charge in [0.15, 0.2) is 5.82 Å². The Morgan fingerprint density at radius 3 is 2.33 bits per heavy atom. The lowest BCUT2D eigenvalue weighted by Gasteiger charge is -2.33. The van der Waals surface area contributed by atoms with Gasteiger partial charge in [-0.2, -0.15) is 9.29 Å². The molecule has 1 aromatic heterocycles. The molecule has 2 aliphatic rings. The van der Waals surface area contributed by atoms with Crippen molar-refractivity contribution in [2.24, 2.45) is 0 Å². The summed E-state index contributed by atoms with van der Waals surface area (Å²) < 4.78 is 32.4. The molecule has 1 aromatic carbocycles. The Morgan fingerprint density at radius 1 is 1.00 bits per heavy atom. The lowest BCUT2D eigenvalue weighted by atomic mass is 10.1. The minimum Gasteiger partial charge on any atom is -0.343 e. The highest BCUT2D eigenvalue weighted by molar-refractivity contribution is 7.89. The highest BCUT2D eigenvalue weighted by Crippen LogP contribution is 2.20. The number of aryl methyl sites for hydroxylation is 1. The average molecular weight is 518 g/mol. The molecule has 0 saturated carbocycles. The molecule has 0 aliphatic carbocycles. The summed E-state index contributed by atoms with van der Waals surface area (Å²) in [5.74, 6) is 1.16. The summed E-state index contributed by atoms with van der Waals surface area (Å²) in [5.41, 5.74) is 0. The van der Waals surface area contributed by atoms with Crippen molar-refractivity contribution < 1.29 is 17.7 Å². The lowest BCUT2D eigenvalue weighted by Crippen LogP contribution is -2.48. The molecular formula is C21H29Cl2N5O4S. The molecule has 12 heteroatoms. The van der Waals surface area contributed by atoms with Crippen molar-refractivity contribution in [2.45, 2.75) is 43.5 Å². The Bertz CT molecular complexity index is 1020. The van der Waals surface area contributed by atoms with Crippen LogP contribution in [0.1, 0.15) is 37.4 Å². The first-order valence-electron chi connectivity index (χ1n) is 11.0. The number of aromatic nitrogens is 2. The Labute approximate surface area is 205 Å². The zero-order valence-corrected chi connectivity index (χ0v) is 20.7. The second kappa shape index (κ2) is 11.6. The summed E-state index contributed by atoms with van der Waals surface area (Å²) in [4.78, 5) is 21.0. The highest BCUT2D eigenvalue weighted by atomic mass is 35.5. The summed E-state index contributed by atoms with van der Waals surface area (Å²) in [6, 6.07) is 6.22. The third-order valence-corrected chi connectivity index (χ3v) is 8.08. The predicted molar refractivity (Wildman–Crippen MR) is 126 cm³/mol. The van der Waals surface area contributed by atoms with Crippen LogP contribution < -0.4 is 0 Å². The molecular weight excluding hydrogens is 489 g/mol. The fourth-order valence-electron chi connectivity index (χ4n) is 4.05. The molecule has 182 valence electrons. The summed E-state index contributed by atoms with van der Waals surface area (Å²) in [6.07, 6.45) is 4.16. The van der Waals surface area contributed by atoms with Gasteiger partial charge in [-0.1, -0.05) is 16.8 Å². The van der Waals surface area contributed by atoms with Gasteiger partial charge in [-0.3, -0.25) is 9.69 Å². The van der Waals surface area contributed by atoms with E-state index >= 15 is 0 Å². The van der Waals surface area contributed by atoms with Crippen LogP contribution in [0.4, 0.5) is 0 Å². The number of likely N-dealkylation sites (tertiary alicyclic amines) is 1. The number of piperazine rings is 1. The quantitative estimate of drug-likeness (QED) is 0.556. The monoisotopic (exact) mass is 517 g/mol. The van der Waals surface area contributed by atoms with Crippen molar-refractivity contribution in [3.63, 3.8) is 0 Å². The molecule has 9 nitrogen and oxygen atoms in total. The van der Waals surface area contributed by atoms with Gasteiger partial charge in [0.2, 0.25) is 21.8 Å². The van der Waals surface area contributed by atoms with Crippen molar-refractivity contribution in [3.8, 4) is 0 Å². The van der Waals surface area contributed by atoms with Crippen LogP contribution >= 0.6 is 24.0 Å². The van der Waals surface area contributed by atoms with Gasteiger partial charge in [0.05, 0.1) is 11.4 Å². The van der Waals surface area contributed by atoms with Crippen LogP contribution in [0.5, 0.6) is 0 Å². The highest BCUT2D eigenvalue weighted by Gasteiger charge is 2.29. The van der Waals surface area contributed by atoms with Gasteiger partial charge in [-0.15, -0.1) is 12.4 Å². The minimum atomic E-state index is -3.53. The van der Waals surface area contributed by atoms with E-state index in [9.17, 15) is 13.2 Å². The van der Waals surface area contributed by atoms with E-state index in [1.807, 2.05) is 4.90 Å². The minimum absolute atomic E-state index is 0. The second-order valence-corrected chi connectivity index (χ2v) is 10.6. The lowest BCUT2D eigenvalue weighted by molar-refractivity contribution is -0.132. The number of halogens is 2. The Balaban J connectivity index is 0.00000306. The molecule has 2 aliphatic heterocycles. The normalized spacial score (nSPS) is 18.2. The molecule has 2 aromatic rings. The molecule has 33 heavy (non-hydrogen) atoms. The summed E-state index contributed by atoms with van der Waals surface area (Å²) >= 11 is 5.86. The third kappa shape index (κ3) is 6.66. The maximum Gasteiger partial charge on any atom is 0.243 e. The van der Waals surface area contributed by atoms with Crippen LogP contribution in [0.3, 0.4) is 0 Å². The van der Waals surface area contributed by atoms with Crippen molar-refractivity contribution in [3.05, 3.63) is 41.0 Å². The van der Waals surface area contributed by atoms with Crippen LogP contribution in [0.2, 0.25) is 5.02 Å². The molecule has 2 fully saturated rings. The summed E-state index contributed by atoms with van der Waals surface area (Å²) in [6.45, 7) is 4.09. The number of hydrogen-bond donors (Lipinski definition) is 0. The standard InChI is InChI=1S/C21H28ClN5O4S.ClH/c22-17-4-6-18(7-5-17)32(29,30)27-14-12-25(13-15-27)16-19-23-20(31-24-19)8-9-21(28)26-10-2-1-3-11-26;/h4-7H,1-3,8-16H2;1H. The molecule has 3 heterocycles. The van der Waals surface area contributed by atoms with Crippen LogP contribution in [0, 0.1) is 0 Å². The maximum absolute atomic E-state index is 12.8. The van der Waals surface area contributed by atoms with E-state index in [-0.39, 0.29) is 23.2 Å². The smallest absolute Gasteiger partial charge is 0.243 e. The topological polar surface area (TPSA) is 99.9 Å². The second-order valence-electron chi connectivity index (χ2n) is 8.18. The van der Waals surface area contributed by atoms with Gasteiger partial charge < -0.3 is 9.42 Å². The number of rotatable bonds is 7. The molecule has 0 N–H and O–H groups in total. The van der Waals surface area contributed by atoms with Gasteiger partial charge in [-0.05, 0) is 43.5 Å². The first kappa shape index (κ1) is 25.9. The van der Waals surface area contributed by atoms with E-state index in [1.165, 1.54) is 22.9 Å². The van der Waals surface area contributed by atoms with Crippen LogP contribution in [-0.4, -0.2) is 77.8 Å². The predicted octanol–water partition coefficient (Wildman–Crippen LogP) is 2.60. The zero-order valence-electron chi connectivity index (χ0n) is 18.4. The van der Waals surface area contributed by atoms with Crippen LogP contribution in [0.25, 0.3) is 0 Å². The average Bonchev–Trinajstić information content (AvgIpc) is 3.26. The SMILES string of the molecule is Cl.O=C(CCc1nc(CN2CCN(S(=O)(=O)c3ccc(Cl)cc3)CC2)no1)N1CCCCC1. The fourth-order valence-corrected chi connectivity index (χ4v) is 5.60. The van der Waals surface area contributed by atoms with E-state index in [2.05, 4.69) is 15.0 Å². The number of piperidine rings is 1. The zero-order chi connectivity index (χ0) is 22.6. The Morgan fingerprint density at radius 2 is 1.67 bits per heavy atom. The van der Waals surface area contributed by atoms with Crippen molar-refractivity contribution in [1.29, 1.82) is 0 Å². The Hall–Kier alpha value is -1.72. The van der Waals surface area contributed by atoms with Crippen LogP contribution in [-0.2, 0) is 27.8 Å². The molecule has 0 radical (unpaired) electrons. The fraction of sp³-hybridized carbons (Fsp3) is 0.571. The van der Waals surface area contributed by atoms with E-state index in [0.29, 0.717) is 62.3 Å². The number of hydrogen-bond acceptors (Lipinski definition) is 7. The molecule has 0 spiro atoms. The molecule has 1 amide bonds. The van der Waals surface area contributed by atoms with E-state index in [1.54, 1.807) is 12.1 Å². The molecule has 0 unspecified atom stereocenters. The van der Waals surface area contributed by atoms with Gasteiger partial charge in [0, 0.05) is 57.1 Å². The maximum atomic E-state index is 12.8. The first-order valence-corrected chi connectivity index (χ1v) is 12.8. The van der Waals surface area contributed by atoms with E-state index in [0.717, 1.165) is 25.9 Å². The number of sulfonamides is 1. The number of carbonyl (C=O) groups excluding carboxylic acids is 1. The first-order chi connectivity index (χ1) is 15.4. The van der Waals surface area contributed by atoms with E-state index < -0.39 is 10.0 Å². The molecule has 0 bridgehead atoms. The van der Waals surface area contributed by atoms with Gasteiger partial charge in [0.25, 0.3) is 0 Å². The van der Waals surface area contributed by atoms with Crippen molar-refractivity contribution in [2.75, 3.05) is 39.3 Å². The summed E-state index contributed by atoms with van der Waals surface area (Å²) in [5, 5.41) is 4.53. The summed E-state index contributed by atoms with van der Waals surface area (Å²) in [7, 11) is -3.53. The molecule has 0 atom stereocenters. The van der Waals surface area contributed by atoms with Crippen molar-refractivity contribution in [1.82, 2.24) is 24.2 Å². The largest absolute Gasteiger partial charge is 0.343 e.